The molecule has 0 bridgehead atoms. The van der Waals surface area contributed by atoms with Gasteiger partial charge in [-0.1, -0.05) is 0 Å². The minimum atomic E-state index is -0.622. The van der Waals surface area contributed by atoms with Gasteiger partial charge in [0.1, 0.15) is 5.56 Å². The molecule has 7 heteroatoms. The number of tetrazole rings is 1. The molecule has 0 atom stereocenters. The number of nitrogens with zero attached hydrogens (tertiary/aromatic N) is 3. The molecule has 90 valence electrons. The van der Waals surface area contributed by atoms with Crippen molar-refractivity contribution < 1.29 is 9.52 Å². The smallest absolute Gasteiger partial charge is 0.347 e. The summed E-state index contributed by atoms with van der Waals surface area (Å²) in [6.45, 7) is 1.83. The van der Waals surface area contributed by atoms with Crippen molar-refractivity contribution in [2.24, 2.45) is 0 Å². The third-order valence-corrected chi connectivity index (χ3v) is 2.54. The molecule has 3 aromatic rings. The van der Waals surface area contributed by atoms with Gasteiger partial charge in [-0.3, -0.25) is 0 Å². The van der Waals surface area contributed by atoms with Crippen LogP contribution in [0.15, 0.2) is 27.4 Å². The van der Waals surface area contributed by atoms with E-state index in [-0.39, 0.29) is 22.7 Å². The molecule has 0 saturated carbocycles. The van der Waals surface area contributed by atoms with Crippen LogP contribution in [0, 0.1) is 6.92 Å². The molecule has 0 unspecified atom stereocenters. The number of hydrogen-bond donors (Lipinski definition) is 2. The Bertz CT molecular complexity index is 777. The number of benzene rings is 1. The first-order valence-electron chi connectivity index (χ1n) is 5.16. The Labute approximate surface area is 100 Å². The summed E-state index contributed by atoms with van der Waals surface area (Å²) in [5.41, 5.74) is 0.579. The number of phenols is 1. The maximum Gasteiger partial charge on any atom is 0.347 e. The Balaban J connectivity index is 2.37. The molecule has 0 radical (unpaired) electrons. The molecule has 0 fully saturated rings. The van der Waals surface area contributed by atoms with Gasteiger partial charge in [0.25, 0.3) is 0 Å². The maximum atomic E-state index is 11.8. The third-order valence-electron chi connectivity index (χ3n) is 2.54. The SMILES string of the molecule is Cc1cc(O)c2oc(=O)c(-c3nn[nH]n3)cc2c1. The summed E-state index contributed by atoms with van der Waals surface area (Å²) in [6, 6.07) is 4.89. The van der Waals surface area contributed by atoms with E-state index in [2.05, 4.69) is 20.6 Å². The summed E-state index contributed by atoms with van der Waals surface area (Å²) in [6.07, 6.45) is 0. The Hall–Kier alpha value is -2.70. The molecule has 2 heterocycles. The summed E-state index contributed by atoms with van der Waals surface area (Å²) < 4.78 is 5.08. The lowest BCUT2D eigenvalue weighted by atomic mass is 10.1. The van der Waals surface area contributed by atoms with E-state index in [1.54, 1.807) is 12.1 Å². The van der Waals surface area contributed by atoms with Gasteiger partial charge in [-0.25, -0.2) is 4.79 Å². The molecule has 0 aliphatic heterocycles. The lowest BCUT2D eigenvalue weighted by Gasteiger charge is -2.02. The number of aromatic hydroxyl groups is 1. The van der Waals surface area contributed by atoms with Gasteiger partial charge in [-0.05, 0) is 35.9 Å². The standard InChI is InChI=1S/C11H8N4O3/c1-5-2-6-4-7(10-12-14-15-13-10)11(17)18-9(6)8(16)3-5/h2-4,16H,1H3,(H,12,13,14,15). The Morgan fingerprint density at radius 2 is 2.17 bits per heavy atom. The monoisotopic (exact) mass is 244 g/mol. The van der Waals surface area contributed by atoms with Gasteiger partial charge in [-0.2, -0.15) is 5.21 Å². The van der Waals surface area contributed by atoms with Crippen molar-refractivity contribution >= 4 is 11.0 Å². The average Bonchev–Trinajstić information content (AvgIpc) is 2.83. The third kappa shape index (κ3) is 1.53. The largest absolute Gasteiger partial charge is 0.504 e. The first kappa shape index (κ1) is 10.5. The lowest BCUT2D eigenvalue weighted by Crippen LogP contribution is -2.04. The zero-order valence-corrected chi connectivity index (χ0v) is 9.34. The zero-order chi connectivity index (χ0) is 12.7. The Morgan fingerprint density at radius 3 is 2.89 bits per heavy atom. The highest BCUT2D eigenvalue weighted by atomic mass is 16.4. The molecule has 0 spiro atoms. The van der Waals surface area contributed by atoms with E-state index in [1.165, 1.54) is 6.07 Å². The molecule has 2 aromatic heterocycles. The number of hydrogen-bond acceptors (Lipinski definition) is 6. The lowest BCUT2D eigenvalue weighted by molar-refractivity contribution is 0.457. The van der Waals surface area contributed by atoms with Crippen LogP contribution in [0.4, 0.5) is 0 Å². The van der Waals surface area contributed by atoms with Crippen LogP contribution in [0.1, 0.15) is 5.56 Å². The summed E-state index contributed by atoms with van der Waals surface area (Å²) in [7, 11) is 0. The number of aromatic nitrogens is 4. The molecule has 18 heavy (non-hydrogen) atoms. The molecule has 0 saturated heterocycles. The van der Waals surface area contributed by atoms with Crippen molar-refractivity contribution in [3.8, 4) is 17.1 Å². The molecule has 1 aromatic carbocycles. The van der Waals surface area contributed by atoms with E-state index in [4.69, 9.17) is 4.42 Å². The molecular formula is C11H8N4O3. The van der Waals surface area contributed by atoms with Gasteiger partial charge in [0.2, 0.25) is 5.82 Å². The van der Waals surface area contributed by atoms with E-state index in [0.717, 1.165) is 5.56 Å². The van der Waals surface area contributed by atoms with Crippen LogP contribution in [0.5, 0.6) is 5.75 Å². The molecule has 3 rings (SSSR count). The highest BCUT2D eigenvalue weighted by molar-refractivity contribution is 5.85. The van der Waals surface area contributed by atoms with E-state index in [1.807, 2.05) is 6.92 Å². The Morgan fingerprint density at radius 1 is 1.33 bits per heavy atom. The second kappa shape index (κ2) is 3.66. The van der Waals surface area contributed by atoms with Crippen molar-refractivity contribution in [3.05, 3.63) is 34.2 Å². The minimum Gasteiger partial charge on any atom is -0.504 e. The fourth-order valence-electron chi connectivity index (χ4n) is 1.79. The summed E-state index contributed by atoms with van der Waals surface area (Å²) in [5, 5.41) is 23.4. The first-order chi connectivity index (χ1) is 8.65. The summed E-state index contributed by atoms with van der Waals surface area (Å²) in [5.74, 6) is 0.0911. The summed E-state index contributed by atoms with van der Waals surface area (Å²) >= 11 is 0. The minimum absolute atomic E-state index is 0.0678. The fourth-order valence-corrected chi connectivity index (χ4v) is 1.79. The number of fused-ring (bicyclic) bond motifs is 1. The van der Waals surface area contributed by atoms with Crippen LogP contribution in [0.3, 0.4) is 0 Å². The maximum absolute atomic E-state index is 11.8. The molecule has 0 aliphatic rings. The van der Waals surface area contributed by atoms with Gasteiger partial charge in [0.05, 0.1) is 0 Å². The highest BCUT2D eigenvalue weighted by Gasteiger charge is 2.13. The Kier molecular flexibility index (Phi) is 2.12. The highest BCUT2D eigenvalue weighted by Crippen LogP contribution is 2.27. The number of rotatable bonds is 1. The van der Waals surface area contributed by atoms with Crippen LogP contribution < -0.4 is 5.63 Å². The number of nitrogens with one attached hydrogen (secondary N) is 1. The van der Waals surface area contributed by atoms with Crippen molar-refractivity contribution in [3.63, 3.8) is 0 Å². The fraction of sp³-hybridized carbons (Fsp3) is 0.0909. The van der Waals surface area contributed by atoms with E-state index >= 15 is 0 Å². The van der Waals surface area contributed by atoms with Gasteiger partial charge in [-0.15, -0.1) is 10.2 Å². The second-order valence-corrected chi connectivity index (χ2v) is 3.89. The quantitative estimate of drug-likeness (QED) is 0.618. The molecule has 2 N–H and O–H groups in total. The molecule has 0 amide bonds. The molecule has 7 nitrogen and oxygen atoms in total. The van der Waals surface area contributed by atoms with Gasteiger partial charge < -0.3 is 9.52 Å². The predicted molar refractivity (Wildman–Crippen MR) is 62.1 cm³/mol. The number of aryl methyl sites for hydroxylation is 1. The number of phenolic OH excluding ortho intramolecular Hbond substituents is 1. The van der Waals surface area contributed by atoms with Crippen molar-refractivity contribution in [2.75, 3.05) is 0 Å². The number of aromatic amines is 1. The van der Waals surface area contributed by atoms with Gasteiger partial charge in [0, 0.05) is 5.39 Å². The van der Waals surface area contributed by atoms with Crippen molar-refractivity contribution in [1.29, 1.82) is 0 Å². The average molecular weight is 244 g/mol. The second-order valence-electron chi connectivity index (χ2n) is 3.89. The van der Waals surface area contributed by atoms with Crippen LogP contribution in [-0.2, 0) is 0 Å². The van der Waals surface area contributed by atoms with E-state index in [9.17, 15) is 9.90 Å². The van der Waals surface area contributed by atoms with Crippen LogP contribution in [0.2, 0.25) is 0 Å². The topological polar surface area (TPSA) is 105 Å². The van der Waals surface area contributed by atoms with Gasteiger partial charge in [0.15, 0.2) is 11.3 Å². The number of H-pyrrole nitrogens is 1. The predicted octanol–water partition coefficient (Wildman–Crippen LogP) is 0.987. The van der Waals surface area contributed by atoms with E-state index in [0.29, 0.717) is 5.39 Å². The van der Waals surface area contributed by atoms with Gasteiger partial charge >= 0.3 is 5.63 Å². The van der Waals surface area contributed by atoms with Crippen molar-refractivity contribution in [2.45, 2.75) is 6.92 Å². The molecular weight excluding hydrogens is 236 g/mol. The summed E-state index contributed by atoms with van der Waals surface area (Å²) in [4.78, 5) is 11.8. The van der Waals surface area contributed by atoms with Crippen LogP contribution >= 0.6 is 0 Å². The normalized spacial score (nSPS) is 10.9. The zero-order valence-electron chi connectivity index (χ0n) is 9.34. The van der Waals surface area contributed by atoms with Crippen molar-refractivity contribution in [1.82, 2.24) is 20.6 Å². The first-order valence-corrected chi connectivity index (χ1v) is 5.16. The van der Waals surface area contributed by atoms with Crippen LogP contribution in [0.25, 0.3) is 22.4 Å². The van der Waals surface area contributed by atoms with Crippen LogP contribution in [-0.4, -0.2) is 25.7 Å². The van der Waals surface area contributed by atoms with E-state index < -0.39 is 5.63 Å². The molecule has 0 aliphatic carbocycles.